The summed E-state index contributed by atoms with van der Waals surface area (Å²) in [7, 11) is 1.50. The number of aliphatic hydroxyl groups excluding tert-OH is 1. The Balaban J connectivity index is 2.15. The normalized spacial score (nSPS) is 45.9. The number of halogens is 3. The number of hydrogen-bond donors (Lipinski definition) is 2. The van der Waals surface area contributed by atoms with Crippen LogP contribution in [-0.2, 0) is 4.74 Å². The van der Waals surface area contributed by atoms with Crippen molar-refractivity contribution in [3.05, 3.63) is 0 Å². The van der Waals surface area contributed by atoms with E-state index in [2.05, 4.69) is 10.3 Å². The largest absolute Gasteiger partial charge is 0.387 e. The first-order valence-corrected chi connectivity index (χ1v) is 5.58. The first-order valence-electron chi connectivity index (χ1n) is 4.70. The number of aliphatic hydroxyl groups is 1. The van der Waals surface area contributed by atoms with E-state index in [0.717, 1.165) is 11.8 Å². The maximum Gasteiger partial charge on any atom is 0.267 e. The van der Waals surface area contributed by atoms with Gasteiger partial charge in [0.2, 0.25) is 0 Å². The van der Waals surface area contributed by atoms with E-state index in [1.807, 2.05) is 0 Å². The maximum absolute atomic E-state index is 13.7. The fraction of sp³-hybridized carbons (Fsp3) is 0.875. The molecule has 8 heteroatoms. The third kappa shape index (κ3) is 1.89. The Morgan fingerprint density at radius 3 is 2.81 bits per heavy atom. The molecule has 0 aromatic heterocycles. The standard InChI is InChI=1S/C8H11F3N2O2S/c1-12-8-13-3-2(9)4(14)5(6(10)11)15-7(3)16-8/h2-7,14H,1H3,(H,12,13)/t2-,3+,4-,5?,7+/m0/s1. The van der Waals surface area contributed by atoms with Crippen LogP contribution in [0.2, 0.25) is 0 Å². The van der Waals surface area contributed by atoms with Crippen LogP contribution in [0.1, 0.15) is 0 Å². The summed E-state index contributed by atoms with van der Waals surface area (Å²) >= 11 is 1.05. The Bertz CT molecular complexity index is 305. The highest BCUT2D eigenvalue weighted by molar-refractivity contribution is 8.14. The second kappa shape index (κ2) is 4.42. The molecule has 0 bridgehead atoms. The number of ether oxygens (including phenoxy) is 1. The van der Waals surface area contributed by atoms with Gasteiger partial charge in [-0.2, -0.15) is 0 Å². The zero-order valence-corrected chi connectivity index (χ0v) is 9.13. The molecule has 0 aromatic carbocycles. The summed E-state index contributed by atoms with van der Waals surface area (Å²) < 4.78 is 43.6. The van der Waals surface area contributed by atoms with Crippen molar-refractivity contribution < 1.29 is 23.0 Å². The predicted octanol–water partition coefficient (Wildman–Crippen LogP) is 0.366. The first kappa shape index (κ1) is 12.0. The average molecular weight is 256 g/mol. The Morgan fingerprint density at radius 2 is 2.25 bits per heavy atom. The first-order chi connectivity index (χ1) is 7.54. The van der Waals surface area contributed by atoms with Crippen molar-refractivity contribution in [3.8, 4) is 0 Å². The second-order valence-corrected chi connectivity index (χ2v) is 4.64. The topological polar surface area (TPSA) is 53.9 Å². The highest BCUT2D eigenvalue weighted by Gasteiger charge is 2.52. The molecule has 16 heavy (non-hydrogen) atoms. The van der Waals surface area contributed by atoms with Crippen molar-refractivity contribution >= 4 is 16.9 Å². The van der Waals surface area contributed by atoms with E-state index in [4.69, 9.17) is 4.74 Å². The van der Waals surface area contributed by atoms with Crippen LogP contribution in [-0.4, -0.2) is 53.6 Å². The van der Waals surface area contributed by atoms with Gasteiger partial charge >= 0.3 is 0 Å². The van der Waals surface area contributed by atoms with E-state index >= 15 is 0 Å². The molecule has 1 unspecified atom stereocenters. The number of nitrogens with zero attached hydrogens (tertiary/aromatic N) is 1. The van der Waals surface area contributed by atoms with E-state index < -0.39 is 36.3 Å². The number of alkyl halides is 3. The second-order valence-electron chi connectivity index (χ2n) is 3.56. The highest BCUT2D eigenvalue weighted by atomic mass is 32.2. The molecule has 0 aliphatic carbocycles. The van der Waals surface area contributed by atoms with E-state index in [9.17, 15) is 18.3 Å². The zero-order valence-electron chi connectivity index (χ0n) is 8.31. The number of nitrogens with one attached hydrogen (secondary N) is 1. The van der Waals surface area contributed by atoms with Crippen molar-refractivity contribution in [2.45, 2.75) is 36.3 Å². The highest BCUT2D eigenvalue weighted by Crippen LogP contribution is 2.36. The number of amidine groups is 1. The quantitative estimate of drug-likeness (QED) is 0.711. The number of fused-ring (bicyclic) bond motifs is 1. The number of hydrogen-bond acceptors (Lipinski definition) is 4. The minimum atomic E-state index is -2.91. The summed E-state index contributed by atoms with van der Waals surface area (Å²) in [6.45, 7) is 0. The fourth-order valence-corrected chi connectivity index (χ4v) is 2.80. The average Bonchev–Trinajstić information content (AvgIpc) is 2.66. The number of thioether (sulfide) groups is 1. The van der Waals surface area contributed by atoms with Gasteiger partial charge in [-0.05, 0) is 0 Å². The fourth-order valence-electron chi connectivity index (χ4n) is 1.72. The van der Waals surface area contributed by atoms with Gasteiger partial charge in [-0.25, -0.2) is 13.2 Å². The summed E-state index contributed by atoms with van der Waals surface area (Å²) in [5.74, 6) is 0. The summed E-state index contributed by atoms with van der Waals surface area (Å²) in [5.41, 5.74) is -0.767. The van der Waals surface area contributed by atoms with Crippen LogP contribution in [0.15, 0.2) is 4.99 Å². The van der Waals surface area contributed by atoms with Gasteiger partial charge in [0.05, 0.1) is 6.04 Å². The Kier molecular flexibility index (Phi) is 3.32. The summed E-state index contributed by atoms with van der Waals surface area (Å²) in [5, 5.41) is 12.5. The smallest absolute Gasteiger partial charge is 0.267 e. The number of rotatable bonds is 1. The molecule has 2 aliphatic heterocycles. The van der Waals surface area contributed by atoms with Crippen molar-refractivity contribution in [2.75, 3.05) is 7.05 Å². The van der Waals surface area contributed by atoms with Crippen molar-refractivity contribution in [3.63, 3.8) is 0 Å². The van der Waals surface area contributed by atoms with E-state index in [1.54, 1.807) is 0 Å². The molecule has 5 atom stereocenters. The Morgan fingerprint density at radius 1 is 1.56 bits per heavy atom. The van der Waals surface area contributed by atoms with Crippen molar-refractivity contribution in [2.24, 2.45) is 4.99 Å². The van der Waals surface area contributed by atoms with Gasteiger partial charge in [-0.3, -0.25) is 4.99 Å². The number of aliphatic imine (C=N–C) groups is 1. The van der Waals surface area contributed by atoms with Crippen LogP contribution >= 0.6 is 11.8 Å². The van der Waals surface area contributed by atoms with Crippen molar-refractivity contribution in [1.29, 1.82) is 0 Å². The van der Waals surface area contributed by atoms with Gasteiger partial charge in [-0.1, -0.05) is 11.8 Å². The summed E-state index contributed by atoms with van der Waals surface area (Å²) in [6.07, 6.45) is -8.28. The molecule has 2 heterocycles. The predicted molar refractivity (Wildman–Crippen MR) is 53.4 cm³/mol. The van der Waals surface area contributed by atoms with Crippen LogP contribution in [0.3, 0.4) is 0 Å². The summed E-state index contributed by atoms with van der Waals surface area (Å²) in [4.78, 5) is 3.79. The molecule has 2 saturated heterocycles. The molecule has 2 fully saturated rings. The van der Waals surface area contributed by atoms with Crippen molar-refractivity contribution in [1.82, 2.24) is 5.32 Å². The van der Waals surface area contributed by atoms with Gasteiger partial charge in [0.15, 0.2) is 11.3 Å². The lowest BCUT2D eigenvalue weighted by Crippen LogP contribution is -2.58. The molecule has 0 radical (unpaired) electrons. The van der Waals surface area contributed by atoms with Crippen LogP contribution in [0.5, 0.6) is 0 Å². The van der Waals surface area contributed by atoms with Gasteiger partial charge < -0.3 is 15.2 Å². The van der Waals surface area contributed by atoms with Gasteiger partial charge in [0.25, 0.3) is 6.43 Å². The monoisotopic (exact) mass is 256 g/mol. The van der Waals surface area contributed by atoms with Gasteiger partial charge in [0, 0.05) is 7.05 Å². The Labute approximate surface area is 94.3 Å². The van der Waals surface area contributed by atoms with E-state index in [1.165, 1.54) is 7.05 Å². The third-order valence-electron chi connectivity index (χ3n) is 2.56. The lowest BCUT2D eigenvalue weighted by Gasteiger charge is -2.37. The molecular formula is C8H11F3N2O2S. The molecule has 0 amide bonds. The lowest BCUT2D eigenvalue weighted by atomic mass is 9.99. The van der Waals surface area contributed by atoms with Gasteiger partial charge in [0.1, 0.15) is 17.6 Å². The van der Waals surface area contributed by atoms with Crippen LogP contribution in [0.25, 0.3) is 0 Å². The molecule has 2 N–H and O–H groups in total. The minimum absolute atomic E-state index is 0.430. The van der Waals surface area contributed by atoms with Gasteiger partial charge in [-0.15, -0.1) is 0 Å². The molecule has 0 aromatic rings. The molecule has 92 valence electrons. The van der Waals surface area contributed by atoms with Crippen LogP contribution in [0, 0.1) is 0 Å². The zero-order chi connectivity index (χ0) is 11.9. The maximum atomic E-state index is 13.7. The van der Waals surface area contributed by atoms with E-state index in [-0.39, 0.29) is 0 Å². The van der Waals surface area contributed by atoms with E-state index in [0.29, 0.717) is 5.17 Å². The van der Waals surface area contributed by atoms with Crippen LogP contribution < -0.4 is 5.32 Å². The third-order valence-corrected chi connectivity index (χ3v) is 3.72. The molecule has 2 rings (SSSR count). The molecule has 0 saturated carbocycles. The molecule has 4 nitrogen and oxygen atoms in total. The lowest BCUT2D eigenvalue weighted by molar-refractivity contribution is -0.180. The van der Waals surface area contributed by atoms with Crippen LogP contribution in [0.4, 0.5) is 13.2 Å². The Hall–Kier alpha value is -0.470. The summed E-state index contributed by atoms with van der Waals surface area (Å²) in [6, 6.07) is -0.825. The SMILES string of the molecule is CN=C1N[C@@H]2[C@H](F)[C@H](O)C(C(F)F)O[C@@H]2S1. The molecule has 2 aliphatic rings. The molecular weight excluding hydrogens is 245 g/mol. The molecule has 0 spiro atoms. The minimum Gasteiger partial charge on any atom is -0.387 e.